The second-order valence-electron chi connectivity index (χ2n) is 4.64. The van der Waals surface area contributed by atoms with Crippen LogP contribution in [-0.2, 0) is 0 Å². The molecule has 0 saturated carbocycles. The van der Waals surface area contributed by atoms with Crippen molar-refractivity contribution in [3.05, 3.63) is 45.6 Å². The molecule has 2 heterocycles. The summed E-state index contributed by atoms with van der Waals surface area (Å²) in [5, 5.41) is 22.8. The minimum atomic E-state index is -0.449. The van der Waals surface area contributed by atoms with Crippen LogP contribution < -0.4 is 5.32 Å². The summed E-state index contributed by atoms with van der Waals surface area (Å²) in [7, 11) is 0. The molecular weight excluding hydrogens is 354 g/mol. The quantitative estimate of drug-likeness (QED) is 0.528. The lowest BCUT2D eigenvalue weighted by Gasteiger charge is -2.06. The first-order valence-corrected chi connectivity index (χ1v) is 8.92. The zero-order valence-corrected chi connectivity index (χ0v) is 14.6. The highest BCUT2D eigenvalue weighted by Crippen LogP contribution is 2.37. The number of benzene rings is 1. The number of rotatable bonds is 5. The number of aromatic nitrogens is 3. The Balaban J connectivity index is 1.71. The molecule has 0 fully saturated rings. The number of hydrogen-bond acceptors (Lipinski definition) is 9. The van der Waals surface area contributed by atoms with Crippen LogP contribution >= 0.6 is 34.4 Å². The van der Waals surface area contributed by atoms with Crippen LogP contribution in [0.4, 0.5) is 15.8 Å². The molecule has 0 atom stereocenters. The van der Waals surface area contributed by atoms with Crippen LogP contribution in [0.3, 0.4) is 0 Å². The molecule has 0 saturated heterocycles. The molecule has 10 heteroatoms. The van der Waals surface area contributed by atoms with Crippen LogP contribution in [0.15, 0.2) is 33.1 Å². The van der Waals surface area contributed by atoms with Gasteiger partial charge in [-0.1, -0.05) is 29.0 Å². The molecule has 3 aromatic rings. The van der Waals surface area contributed by atoms with Gasteiger partial charge in [-0.15, -0.1) is 10.2 Å². The van der Waals surface area contributed by atoms with Crippen molar-refractivity contribution in [3.8, 4) is 0 Å². The Morgan fingerprint density at radius 3 is 2.74 bits per heavy atom. The molecule has 2 aromatic heterocycles. The van der Waals surface area contributed by atoms with Crippen molar-refractivity contribution in [1.29, 1.82) is 0 Å². The summed E-state index contributed by atoms with van der Waals surface area (Å²) in [4.78, 5) is 14.2. The van der Waals surface area contributed by atoms with Crippen molar-refractivity contribution < 1.29 is 4.92 Å². The van der Waals surface area contributed by atoms with Crippen LogP contribution in [0, 0.1) is 24.0 Å². The fourth-order valence-corrected chi connectivity index (χ4v) is 4.58. The average molecular weight is 365 g/mol. The van der Waals surface area contributed by atoms with Gasteiger partial charge in [-0.2, -0.15) is 0 Å². The standard InChI is InChI=1S/C13H11N5O2S3/c1-7-3-4-9(8(2)5-7)15-11-16-17-13(22-11)23-12-14-6-10(21-12)18(19)20/h3-6H,1-2H3,(H,15,16). The Morgan fingerprint density at radius 1 is 1.22 bits per heavy atom. The van der Waals surface area contributed by atoms with Gasteiger partial charge in [0.25, 0.3) is 0 Å². The molecular formula is C13H11N5O2S3. The lowest BCUT2D eigenvalue weighted by Crippen LogP contribution is -1.92. The summed E-state index contributed by atoms with van der Waals surface area (Å²) >= 11 is 3.68. The fraction of sp³-hybridized carbons (Fsp3) is 0.154. The Labute approximate surface area is 144 Å². The van der Waals surface area contributed by atoms with Gasteiger partial charge in [0, 0.05) is 5.69 Å². The predicted molar refractivity (Wildman–Crippen MR) is 92.0 cm³/mol. The Hall–Kier alpha value is -2.04. The van der Waals surface area contributed by atoms with Gasteiger partial charge in [0.05, 0.1) is 4.92 Å². The first kappa shape index (κ1) is 15.8. The fourth-order valence-electron chi connectivity index (χ4n) is 1.83. The van der Waals surface area contributed by atoms with Gasteiger partial charge in [0.15, 0.2) is 8.68 Å². The molecule has 0 amide bonds. The Kier molecular flexibility index (Phi) is 4.55. The van der Waals surface area contributed by atoms with Gasteiger partial charge in [0.2, 0.25) is 5.13 Å². The largest absolute Gasteiger partial charge is 0.344 e. The van der Waals surface area contributed by atoms with Crippen molar-refractivity contribution in [3.63, 3.8) is 0 Å². The Morgan fingerprint density at radius 2 is 2.04 bits per heavy atom. The molecule has 0 unspecified atom stereocenters. The van der Waals surface area contributed by atoms with Crippen molar-refractivity contribution in [2.24, 2.45) is 0 Å². The average Bonchev–Trinajstić information content (AvgIpc) is 3.12. The summed E-state index contributed by atoms with van der Waals surface area (Å²) in [5.74, 6) is 0. The minimum Gasteiger partial charge on any atom is -0.330 e. The first-order valence-electron chi connectivity index (χ1n) is 6.47. The molecule has 0 aliphatic rings. The molecule has 1 aromatic carbocycles. The van der Waals surface area contributed by atoms with Gasteiger partial charge in [0.1, 0.15) is 6.20 Å². The predicted octanol–water partition coefficient (Wildman–Crippen LogP) is 4.41. The van der Waals surface area contributed by atoms with E-state index < -0.39 is 4.92 Å². The third kappa shape index (κ3) is 3.84. The zero-order valence-electron chi connectivity index (χ0n) is 12.1. The molecule has 118 valence electrons. The Bertz CT molecular complexity index is 861. The van der Waals surface area contributed by atoms with E-state index in [-0.39, 0.29) is 5.00 Å². The third-order valence-corrected chi connectivity index (χ3v) is 5.77. The summed E-state index contributed by atoms with van der Waals surface area (Å²) in [6, 6.07) is 6.12. The number of thiazole rings is 1. The summed E-state index contributed by atoms with van der Waals surface area (Å²) in [6.07, 6.45) is 1.25. The van der Waals surface area contributed by atoms with Gasteiger partial charge in [-0.05, 0) is 48.6 Å². The van der Waals surface area contributed by atoms with Crippen LogP contribution in [-0.4, -0.2) is 20.1 Å². The van der Waals surface area contributed by atoms with E-state index in [0.29, 0.717) is 13.8 Å². The topological polar surface area (TPSA) is 93.8 Å². The molecule has 0 bridgehead atoms. The number of nitrogens with one attached hydrogen (secondary N) is 1. The third-order valence-electron chi connectivity index (χ3n) is 2.86. The van der Waals surface area contributed by atoms with E-state index in [2.05, 4.69) is 26.6 Å². The lowest BCUT2D eigenvalue weighted by molar-refractivity contribution is -0.380. The maximum Gasteiger partial charge on any atom is 0.344 e. The molecule has 0 aliphatic carbocycles. The van der Waals surface area contributed by atoms with E-state index in [1.165, 1.54) is 34.9 Å². The molecule has 1 N–H and O–H groups in total. The van der Waals surface area contributed by atoms with Crippen LogP contribution in [0.5, 0.6) is 0 Å². The van der Waals surface area contributed by atoms with E-state index in [9.17, 15) is 10.1 Å². The number of nitro groups is 1. The van der Waals surface area contributed by atoms with E-state index in [1.807, 2.05) is 26.0 Å². The van der Waals surface area contributed by atoms with Crippen LogP contribution in [0.1, 0.15) is 11.1 Å². The maximum atomic E-state index is 10.7. The van der Waals surface area contributed by atoms with Crippen LogP contribution in [0.25, 0.3) is 0 Å². The number of nitrogens with zero attached hydrogens (tertiary/aromatic N) is 4. The molecule has 23 heavy (non-hydrogen) atoms. The second kappa shape index (κ2) is 6.60. The van der Waals surface area contributed by atoms with Gasteiger partial charge in [-0.3, -0.25) is 10.1 Å². The van der Waals surface area contributed by atoms with E-state index in [0.717, 1.165) is 22.6 Å². The van der Waals surface area contributed by atoms with Crippen LogP contribution in [0.2, 0.25) is 0 Å². The molecule has 7 nitrogen and oxygen atoms in total. The van der Waals surface area contributed by atoms with Gasteiger partial charge in [-0.25, -0.2) is 4.98 Å². The second-order valence-corrected chi connectivity index (χ2v) is 8.12. The minimum absolute atomic E-state index is 0.0191. The van der Waals surface area contributed by atoms with Gasteiger partial charge < -0.3 is 5.32 Å². The van der Waals surface area contributed by atoms with Gasteiger partial charge >= 0.3 is 5.00 Å². The van der Waals surface area contributed by atoms with Crippen molar-refractivity contribution in [2.75, 3.05) is 5.32 Å². The monoisotopic (exact) mass is 365 g/mol. The molecule has 0 spiro atoms. The molecule has 0 radical (unpaired) electrons. The highest BCUT2D eigenvalue weighted by molar-refractivity contribution is 8.02. The van der Waals surface area contributed by atoms with Crippen molar-refractivity contribution >= 4 is 50.3 Å². The summed E-state index contributed by atoms with van der Waals surface area (Å²) in [6.45, 7) is 4.07. The van der Waals surface area contributed by atoms with Crippen molar-refractivity contribution in [2.45, 2.75) is 22.5 Å². The maximum absolute atomic E-state index is 10.7. The number of anilines is 2. The molecule has 0 aliphatic heterocycles. The summed E-state index contributed by atoms with van der Waals surface area (Å²) in [5.41, 5.74) is 3.31. The zero-order chi connectivity index (χ0) is 16.4. The SMILES string of the molecule is Cc1ccc(Nc2nnc(Sc3ncc([N+](=O)[O-])s3)s2)c(C)c1. The molecule has 3 rings (SSSR count). The van der Waals surface area contributed by atoms with Crippen molar-refractivity contribution in [1.82, 2.24) is 15.2 Å². The lowest BCUT2D eigenvalue weighted by atomic mass is 10.1. The highest BCUT2D eigenvalue weighted by atomic mass is 32.2. The van der Waals surface area contributed by atoms with E-state index >= 15 is 0 Å². The smallest absolute Gasteiger partial charge is 0.330 e. The van der Waals surface area contributed by atoms with E-state index in [4.69, 9.17) is 0 Å². The normalized spacial score (nSPS) is 10.7. The number of hydrogen-bond donors (Lipinski definition) is 1. The number of aryl methyl sites for hydroxylation is 2. The summed E-state index contributed by atoms with van der Waals surface area (Å²) < 4.78 is 1.26. The highest BCUT2D eigenvalue weighted by Gasteiger charge is 2.14. The first-order chi connectivity index (χ1) is 11.0. The van der Waals surface area contributed by atoms with E-state index in [1.54, 1.807) is 0 Å².